The summed E-state index contributed by atoms with van der Waals surface area (Å²) in [6.45, 7) is 1.02. The number of carbonyl (C=O) groups is 1. The highest BCUT2D eigenvalue weighted by molar-refractivity contribution is 5.92. The summed E-state index contributed by atoms with van der Waals surface area (Å²) >= 11 is 0. The first-order valence-electron chi connectivity index (χ1n) is 8.32. The van der Waals surface area contributed by atoms with E-state index in [1.165, 1.54) is 30.5 Å². The van der Waals surface area contributed by atoms with Gasteiger partial charge in [-0.1, -0.05) is 18.6 Å². The zero-order valence-electron chi connectivity index (χ0n) is 13.2. The van der Waals surface area contributed by atoms with Gasteiger partial charge in [0.1, 0.15) is 5.82 Å². The number of rotatable bonds is 4. The first-order valence-corrected chi connectivity index (χ1v) is 8.32. The van der Waals surface area contributed by atoms with E-state index in [9.17, 15) is 9.18 Å². The SMILES string of the molecule is CN(C[C@H]1CCCC(c2ccc(F)cc2)C1)C1=CC(=O)CC1. The number of hydrogen-bond acceptors (Lipinski definition) is 2. The van der Waals surface area contributed by atoms with Gasteiger partial charge in [-0.25, -0.2) is 4.39 Å². The van der Waals surface area contributed by atoms with Gasteiger partial charge >= 0.3 is 0 Å². The number of halogens is 1. The maximum atomic E-state index is 13.1. The van der Waals surface area contributed by atoms with Crippen molar-refractivity contribution in [3.8, 4) is 0 Å². The predicted octanol–water partition coefficient (Wildman–Crippen LogP) is 4.28. The summed E-state index contributed by atoms with van der Waals surface area (Å²) in [5, 5.41) is 0. The van der Waals surface area contributed by atoms with Gasteiger partial charge in [0, 0.05) is 31.8 Å². The molecule has 2 nitrogen and oxygen atoms in total. The minimum Gasteiger partial charge on any atom is -0.377 e. The van der Waals surface area contributed by atoms with E-state index in [0.717, 1.165) is 19.4 Å². The van der Waals surface area contributed by atoms with Crippen molar-refractivity contribution in [3.05, 3.63) is 47.4 Å². The number of nitrogens with zero attached hydrogens (tertiary/aromatic N) is 1. The summed E-state index contributed by atoms with van der Waals surface area (Å²) in [7, 11) is 2.10. The minimum atomic E-state index is -0.159. The van der Waals surface area contributed by atoms with Gasteiger partial charge in [0.05, 0.1) is 0 Å². The molecule has 3 rings (SSSR count). The molecule has 0 saturated heterocycles. The van der Waals surface area contributed by atoms with Crippen molar-refractivity contribution in [2.45, 2.75) is 44.4 Å². The van der Waals surface area contributed by atoms with Gasteiger partial charge in [-0.05, 0) is 55.2 Å². The van der Waals surface area contributed by atoms with E-state index < -0.39 is 0 Å². The van der Waals surface area contributed by atoms with E-state index in [2.05, 4.69) is 11.9 Å². The molecule has 0 spiro atoms. The van der Waals surface area contributed by atoms with Crippen LogP contribution >= 0.6 is 0 Å². The molecule has 1 unspecified atom stereocenters. The van der Waals surface area contributed by atoms with E-state index >= 15 is 0 Å². The van der Waals surface area contributed by atoms with Gasteiger partial charge in [0.15, 0.2) is 5.78 Å². The van der Waals surface area contributed by atoms with Crippen LogP contribution in [-0.4, -0.2) is 24.3 Å². The predicted molar refractivity (Wildman–Crippen MR) is 86.1 cm³/mol. The maximum absolute atomic E-state index is 13.1. The molecule has 0 aliphatic heterocycles. The van der Waals surface area contributed by atoms with Crippen molar-refractivity contribution >= 4 is 5.78 Å². The lowest BCUT2D eigenvalue weighted by Gasteiger charge is -2.33. The van der Waals surface area contributed by atoms with Crippen molar-refractivity contribution in [1.82, 2.24) is 4.90 Å². The number of benzene rings is 1. The molecular weight excluding hydrogens is 277 g/mol. The van der Waals surface area contributed by atoms with Crippen LogP contribution in [0.1, 0.15) is 50.0 Å². The van der Waals surface area contributed by atoms with Gasteiger partial charge in [-0.2, -0.15) is 0 Å². The molecule has 1 aromatic rings. The summed E-state index contributed by atoms with van der Waals surface area (Å²) in [5.41, 5.74) is 2.46. The highest BCUT2D eigenvalue weighted by atomic mass is 19.1. The van der Waals surface area contributed by atoms with Crippen molar-refractivity contribution < 1.29 is 9.18 Å². The largest absolute Gasteiger partial charge is 0.377 e. The Morgan fingerprint density at radius 2 is 1.95 bits per heavy atom. The maximum Gasteiger partial charge on any atom is 0.157 e. The number of ketones is 1. The van der Waals surface area contributed by atoms with E-state index in [-0.39, 0.29) is 11.6 Å². The average Bonchev–Trinajstić information content (AvgIpc) is 2.95. The Bertz CT molecular complexity index is 563. The summed E-state index contributed by atoms with van der Waals surface area (Å²) in [4.78, 5) is 13.6. The quantitative estimate of drug-likeness (QED) is 0.827. The monoisotopic (exact) mass is 301 g/mol. The lowest BCUT2D eigenvalue weighted by Crippen LogP contribution is -2.28. The Morgan fingerprint density at radius 1 is 1.18 bits per heavy atom. The van der Waals surface area contributed by atoms with E-state index in [0.29, 0.717) is 18.3 Å². The van der Waals surface area contributed by atoms with Gasteiger partial charge < -0.3 is 4.90 Å². The van der Waals surface area contributed by atoms with Crippen LogP contribution in [0.4, 0.5) is 4.39 Å². The molecule has 1 saturated carbocycles. The van der Waals surface area contributed by atoms with Crippen LogP contribution in [0.15, 0.2) is 36.0 Å². The van der Waals surface area contributed by atoms with Crippen LogP contribution in [0.2, 0.25) is 0 Å². The normalized spacial score (nSPS) is 25.2. The first-order chi connectivity index (χ1) is 10.6. The molecule has 0 aromatic heterocycles. The Labute approximate surface area is 132 Å². The van der Waals surface area contributed by atoms with Crippen LogP contribution in [0.5, 0.6) is 0 Å². The van der Waals surface area contributed by atoms with Crippen molar-refractivity contribution in [2.75, 3.05) is 13.6 Å². The zero-order chi connectivity index (χ0) is 15.5. The Morgan fingerprint density at radius 3 is 2.64 bits per heavy atom. The second-order valence-electron chi connectivity index (χ2n) is 6.76. The Kier molecular flexibility index (Phi) is 4.60. The molecule has 22 heavy (non-hydrogen) atoms. The summed E-state index contributed by atoms with van der Waals surface area (Å²) in [5.74, 6) is 1.31. The topological polar surface area (TPSA) is 20.3 Å². The third-order valence-electron chi connectivity index (χ3n) is 5.10. The summed E-state index contributed by atoms with van der Waals surface area (Å²) < 4.78 is 13.1. The molecule has 0 radical (unpaired) electrons. The second-order valence-corrected chi connectivity index (χ2v) is 6.76. The van der Waals surface area contributed by atoms with E-state index in [4.69, 9.17) is 0 Å². The highest BCUT2D eigenvalue weighted by Crippen LogP contribution is 2.37. The molecule has 0 bridgehead atoms. The van der Waals surface area contributed by atoms with Crippen LogP contribution in [0.25, 0.3) is 0 Å². The molecule has 0 N–H and O–H groups in total. The van der Waals surface area contributed by atoms with E-state index in [1.54, 1.807) is 18.2 Å². The molecule has 2 atom stereocenters. The standard InChI is InChI=1S/C19H24FNO/c1-21(18-9-10-19(22)12-18)13-14-3-2-4-16(11-14)15-5-7-17(20)8-6-15/h5-8,12,14,16H,2-4,9-11,13H2,1H3/t14-,16?/m0/s1. The molecule has 2 aliphatic rings. The van der Waals surface area contributed by atoms with Gasteiger partial charge in [0.2, 0.25) is 0 Å². The molecular formula is C19H24FNO. The summed E-state index contributed by atoms with van der Waals surface area (Å²) in [6.07, 6.45) is 8.22. The average molecular weight is 301 g/mol. The molecule has 0 amide bonds. The fourth-order valence-electron chi connectivity index (χ4n) is 3.88. The fourth-order valence-corrected chi connectivity index (χ4v) is 3.88. The van der Waals surface area contributed by atoms with Crippen LogP contribution in [0.3, 0.4) is 0 Å². The molecule has 3 heteroatoms. The fraction of sp³-hybridized carbons (Fsp3) is 0.526. The number of allylic oxidation sites excluding steroid dienone is 2. The molecule has 1 fully saturated rings. The minimum absolute atomic E-state index is 0.159. The Hall–Kier alpha value is -1.64. The van der Waals surface area contributed by atoms with Crippen LogP contribution in [0, 0.1) is 11.7 Å². The molecule has 118 valence electrons. The van der Waals surface area contributed by atoms with Crippen molar-refractivity contribution in [1.29, 1.82) is 0 Å². The van der Waals surface area contributed by atoms with Gasteiger partial charge in [-0.3, -0.25) is 4.79 Å². The van der Waals surface area contributed by atoms with Gasteiger partial charge in [-0.15, -0.1) is 0 Å². The highest BCUT2D eigenvalue weighted by Gasteiger charge is 2.25. The van der Waals surface area contributed by atoms with Gasteiger partial charge in [0.25, 0.3) is 0 Å². The number of hydrogen-bond donors (Lipinski definition) is 0. The molecule has 2 aliphatic carbocycles. The lowest BCUT2D eigenvalue weighted by atomic mass is 9.78. The van der Waals surface area contributed by atoms with Crippen LogP contribution in [-0.2, 0) is 4.79 Å². The van der Waals surface area contributed by atoms with E-state index in [1.807, 2.05) is 12.1 Å². The molecule has 0 heterocycles. The third-order valence-corrected chi connectivity index (χ3v) is 5.10. The Balaban J connectivity index is 1.59. The number of carbonyl (C=O) groups excluding carboxylic acids is 1. The first kappa shape index (κ1) is 15.3. The third kappa shape index (κ3) is 3.57. The molecule has 1 aromatic carbocycles. The lowest BCUT2D eigenvalue weighted by molar-refractivity contribution is -0.114. The zero-order valence-corrected chi connectivity index (χ0v) is 13.2. The van der Waals surface area contributed by atoms with Crippen LogP contribution < -0.4 is 0 Å². The van der Waals surface area contributed by atoms with Crippen molar-refractivity contribution in [3.63, 3.8) is 0 Å². The second kappa shape index (κ2) is 6.64. The summed E-state index contributed by atoms with van der Waals surface area (Å²) in [6, 6.07) is 7.01. The van der Waals surface area contributed by atoms with Crippen molar-refractivity contribution in [2.24, 2.45) is 5.92 Å². The smallest absolute Gasteiger partial charge is 0.157 e.